The Morgan fingerprint density at radius 1 is 1.40 bits per heavy atom. The molecule has 0 bridgehead atoms. The second-order valence-corrected chi connectivity index (χ2v) is 4.20. The van der Waals surface area contributed by atoms with Crippen molar-refractivity contribution in [1.29, 1.82) is 0 Å². The van der Waals surface area contributed by atoms with Crippen molar-refractivity contribution in [3.8, 4) is 5.75 Å². The van der Waals surface area contributed by atoms with Crippen molar-refractivity contribution in [1.82, 2.24) is 5.32 Å². The van der Waals surface area contributed by atoms with E-state index in [0.717, 1.165) is 12.1 Å². The van der Waals surface area contributed by atoms with Crippen LogP contribution < -0.4 is 11.1 Å². The zero-order chi connectivity index (χ0) is 10.7. The van der Waals surface area contributed by atoms with E-state index in [2.05, 4.69) is 5.32 Å². The molecule has 1 saturated carbocycles. The van der Waals surface area contributed by atoms with Gasteiger partial charge in [-0.25, -0.2) is 0 Å². The van der Waals surface area contributed by atoms with Gasteiger partial charge in [-0.15, -0.1) is 0 Å². The van der Waals surface area contributed by atoms with E-state index in [1.54, 1.807) is 6.07 Å². The Hall–Kier alpha value is -1.06. The van der Waals surface area contributed by atoms with E-state index in [1.807, 2.05) is 18.2 Å². The fourth-order valence-electron chi connectivity index (χ4n) is 1.82. The van der Waals surface area contributed by atoms with Crippen LogP contribution in [0.3, 0.4) is 0 Å². The second-order valence-electron chi connectivity index (χ2n) is 4.20. The van der Waals surface area contributed by atoms with Crippen LogP contribution in [0.15, 0.2) is 24.3 Å². The SMILES string of the molecule is NC(CNC1CCC1)c1ccccc1O. The van der Waals surface area contributed by atoms with Crippen LogP contribution >= 0.6 is 0 Å². The number of hydrogen-bond acceptors (Lipinski definition) is 3. The highest BCUT2D eigenvalue weighted by Crippen LogP contribution is 2.23. The largest absolute Gasteiger partial charge is 0.508 e. The highest BCUT2D eigenvalue weighted by atomic mass is 16.3. The Kier molecular flexibility index (Phi) is 3.23. The van der Waals surface area contributed by atoms with Gasteiger partial charge in [0, 0.05) is 24.2 Å². The molecule has 3 heteroatoms. The molecular weight excluding hydrogens is 188 g/mol. The first-order valence-corrected chi connectivity index (χ1v) is 5.54. The first kappa shape index (κ1) is 10.5. The van der Waals surface area contributed by atoms with Gasteiger partial charge in [-0.1, -0.05) is 24.6 Å². The predicted molar refractivity (Wildman–Crippen MR) is 60.7 cm³/mol. The van der Waals surface area contributed by atoms with Gasteiger partial charge >= 0.3 is 0 Å². The predicted octanol–water partition coefficient (Wildman–Crippen LogP) is 1.53. The number of aromatic hydroxyl groups is 1. The molecule has 4 N–H and O–H groups in total. The van der Waals surface area contributed by atoms with Crippen molar-refractivity contribution in [3.63, 3.8) is 0 Å². The smallest absolute Gasteiger partial charge is 0.120 e. The summed E-state index contributed by atoms with van der Waals surface area (Å²) in [6, 6.07) is 7.79. The molecule has 1 aromatic rings. The molecule has 1 atom stereocenters. The van der Waals surface area contributed by atoms with Crippen molar-refractivity contribution >= 4 is 0 Å². The first-order chi connectivity index (χ1) is 7.27. The number of para-hydroxylation sites is 1. The van der Waals surface area contributed by atoms with Crippen molar-refractivity contribution in [2.45, 2.75) is 31.3 Å². The summed E-state index contributed by atoms with van der Waals surface area (Å²) in [6.07, 6.45) is 3.84. The number of rotatable bonds is 4. The van der Waals surface area contributed by atoms with Gasteiger partial charge in [-0.2, -0.15) is 0 Å². The number of hydrogen-bond donors (Lipinski definition) is 3. The fourth-order valence-corrected chi connectivity index (χ4v) is 1.82. The number of nitrogens with one attached hydrogen (secondary N) is 1. The fraction of sp³-hybridized carbons (Fsp3) is 0.500. The Labute approximate surface area is 90.3 Å². The van der Waals surface area contributed by atoms with Crippen molar-refractivity contribution in [2.24, 2.45) is 5.73 Å². The van der Waals surface area contributed by atoms with E-state index in [4.69, 9.17) is 5.73 Å². The van der Waals surface area contributed by atoms with E-state index in [9.17, 15) is 5.11 Å². The van der Waals surface area contributed by atoms with Crippen LogP contribution in [0.1, 0.15) is 30.9 Å². The van der Waals surface area contributed by atoms with Gasteiger partial charge < -0.3 is 16.2 Å². The third-order valence-electron chi connectivity index (χ3n) is 3.07. The van der Waals surface area contributed by atoms with Crippen LogP contribution in [0, 0.1) is 0 Å². The topological polar surface area (TPSA) is 58.3 Å². The minimum atomic E-state index is -0.119. The van der Waals surface area contributed by atoms with E-state index in [0.29, 0.717) is 11.8 Å². The molecule has 0 heterocycles. The normalized spacial score (nSPS) is 18.5. The van der Waals surface area contributed by atoms with Gasteiger partial charge in [0.25, 0.3) is 0 Å². The van der Waals surface area contributed by atoms with E-state index in [1.165, 1.54) is 19.3 Å². The maximum atomic E-state index is 9.61. The average Bonchev–Trinajstić information content (AvgIpc) is 2.16. The van der Waals surface area contributed by atoms with Crippen molar-refractivity contribution in [2.75, 3.05) is 6.54 Å². The summed E-state index contributed by atoms with van der Waals surface area (Å²) in [5, 5.41) is 13.0. The van der Waals surface area contributed by atoms with Gasteiger partial charge in [0.05, 0.1) is 0 Å². The maximum Gasteiger partial charge on any atom is 0.120 e. The molecule has 2 rings (SSSR count). The molecule has 1 aliphatic rings. The van der Waals surface area contributed by atoms with Crippen LogP contribution in [-0.4, -0.2) is 17.7 Å². The summed E-state index contributed by atoms with van der Waals surface area (Å²) in [5.41, 5.74) is 6.82. The molecular formula is C12H18N2O. The summed E-state index contributed by atoms with van der Waals surface area (Å²) in [7, 11) is 0. The lowest BCUT2D eigenvalue weighted by molar-refractivity contribution is 0.331. The second kappa shape index (κ2) is 4.64. The van der Waals surface area contributed by atoms with E-state index < -0.39 is 0 Å². The molecule has 0 aromatic heterocycles. The standard InChI is InChI=1S/C12H18N2O/c13-11(8-14-9-4-3-5-9)10-6-1-2-7-12(10)15/h1-2,6-7,9,11,14-15H,3-5,8,13H2. The lowest BCUT2D eigenvalue weighted by Crippen LogP contribution is -2.39. The lowest BCUT2D eigenvalue weighted by Gasteiger charge is -2.28. The minimum Gasteiger partial charge on any atom is -0.508 e. The van der Waals surface area contributed by atoms with Crippen LogP contribution in [0.5, 0.6) is 5.75 Å². The molecule has 0 spiro atoms. The highest BCUT2D eigenvalue weighted by Gasteiger charge is 2.18. The van der Waals surface area contributed by atoms with E-state index >= 15 is 0 Å². The lowest BCUT2D eigenvalue weighted by atomic mass is 9.93. The van der Waals surface area contributed by atoms with E-state index in [-0.39, 0.29) is 6.04 Å². The monoisotopic (exact) mass is 206 g/mol. The van der Waals surface area contributed by atoms with Crippen LogP contribution in [-0.2, 0) is 0 Å². The Morgan fingerprint density at radius 2 is 2.13 bits per heavy atom. The molecule has 1 aromatic carbocycles. The van der Waals surface area contributed by atoms with Gasteiger partial charge in [0.15, 0.2) is 0 Å². The Morgan fingerprint density at radius 3 is 2.73 bits per heavy atom. The molecule has 1 aliphatic carbocycles. The number of phenolic OH excluding ortho intramolecular Hbond substituents is 1. The Bertz CT molecular complexity index is 323. The third-order valence-corrected chi connectivity index (χ3v) is 3.07. The third kappa shape index (κ3) is 2.49. The molecule has 1 fully saturated rings. The summed E-state index contributed by atoms with van der Waals surface area (Å²) < 4.78 is 0. The summed E-state index contributed by atoms with van der Waals surface area (Å²) in [6.45, 7) is 0.738. The summed E-state index contributed by atoms with van der Waals surface area (Å²) in [4.78, 5) is 0. The molecule has 0 amide bonds. The summed E-state index contributed by atoms with van der Waals surface area (Å²) >= 11 is 0. The van der Waals surface area contributed by atoms with Crippen LogP contribution in [0.2, 0.25) is 0 Å². The van der Waals surface area contributed by atoms with Gasteiger partial charge in [-0.05, 0) is 18.9 Å². The molecule has 82 valence electrons. The van der Waals surface area contributed by atoms with Gasteiger partial charge in [-0.3, -0.25) is 0 Å². The molecule has 0 radical (unpaired) electrons. The number of phenols is 1. The van der Waals surface area contributed by atoms with Crippen LogP contribution in [0.4, 0.5) is 0 Å². The maximum absolute atomic E-state index is 9.61. The molecule has 0 saturated heterocycles. The zero-order valence-electron chi connectivity index (χ0n) is 8.82. The molecule has 15 heavy (non-hydrogen) atoms. The number of benzene rings is 1. The summed E-state index contributed by atoms with van der Waals surface area (Å²) in [5.74, 6) is 0.292. The average molecular weight is 206 g/mol. The number of nitrogens with two attached hydrogens (primary N) is 1. The van der Waals surface area contributed by atoms with Crippen LogP contribution in [0.25, 0.3) is 0 Å². The van der Waals surface area contributed by atoms with Crippen molar-refractivity contribution in [3.05, 3.63) is 29.8 Å². The van der Waals surface area contributed by atoms with Crippen molar-refractivity contribution < 1.29 is 5.11 Å². The van der Waals surface area contributed by atoms with Gasteiger partial charge in [0.1, 0.15) is 5.75 Å². The molecule has 1 unspecified atom stereocenters. The first-order valence-electron chi connectivity index (χ1n) is 5.54. The highest BCUT2D eigenvalue weighted by molar-refractivity contribution is 5.34. The molecule has 0 aliphatic heterocycles. The Balaban J connectivity index is 1.89. The molecule has 3 nitrogen and oxygen atoms in total. The minimum absolute atomic E-state index is 0.119. The quantitative estimate of drug-likeness (QED) is 0.700. The zero-order valence-corrected chi connectivity index (χ0v) is 8.82. The van der Waals surface area contributed by atoms with Gasteiger partial charge in [0.2, 0.25) is 0 Å².